The van der Waals surface area contributed by atoms with Crippen LogP contribution in [-0.4, -0.2) is 67.3 Å². The predicted molar refractivity (Wildman–Crippen MR) is 98.6 cm³/mol. The first-order valence-corrected chi connectivity index (χ1v) is 9.77. The first kappa shape index (κ1) is 21.7. The lowest BCUT2D eigenvalue weighted by molar-refractivity contribution is -0.149. The number of nitrogens with zero attached hydrogens (tertiary/aromatic N) is 3. The van der Waals surface area contributed by atoms with Crippen molar-refractivity contribution in [3.63, 3.8) is 0 Å². The number of ether oxygens (including phenoxy) is 1. The number of carbonyl (C=O) groups is 4. The number of esters is 1. The molecule has 0 aromatic carbocycles. The zero-order valence-corrected chi connectivity index (χ0v) is 17.0. The predicted octanol–water partition coefficient (Wildman–Crippen LogP) is 0.810. The highest BCUT2D eigenvalue weighted by atomic mass is 32.2. The molecular weight excluding hydrogens is 426 g/mol. The van der Waals surface area contributed by atoms with Crippen molar-refractivity contribution in [3.8, 4) is 0 Å². The third-order valence-corrected chi connectivity index (χ3v) is 6.06. The summed E-state index contributed by atoms with van der Waals surface area (Å²) in [5.41, 5.74) is -0.0445. The summed E-state index contributed by atoms with van der Waals surface area (Å²) in [6, 6.07) is -1.03. The number of carbonyl (C=O) groups excluding carboxylic acids is 3. The van der Waals surface area contributed by atoms with Gasteiger partial charge in [0.1, 0.15) is 23.7 Å². The third kappa shape index (κ3) is 3.64. The molecule has 0 aliphatic carbocycles. The number of hydrogen-bond acceptors (Lipinski definition) is 7. The molecule has 1 fully saturated rings. The van der Waals surface area contributed by atoms with Crippen LogP contribution in [0.5, 0.6) is 0 Å². The maximum Gasteiger partial charge on any atom is 0.352 e. The van der Waals surface area contributed by atoms with Gasteiger partial charge in [-0.05, 0) is 13.8 Å². The van der Waals surface area contributed by atoms with Gasteiger partial charge in [0, 0.05) is 18.2 Å². The van der Waals surface area contributed by atoms with Crippen LogP contribution in [0.4, 0.5) is 8.78 Å². The Morgan fingerprint density at radius 1 is 1.37 bits per heavy atom. The van der Waals surface area contributed by atoms with Crippen molar-refractivity contribution in [2.24, 2.45) is 0 Å². The van der Waals surface area contributed by atoms with Crippen LogP contribution in [0.2, 0.25) is 0 Å². The van der Waals surface area contributed by atoms with Crippen molar-refractivity contribution in [3.05, 3.63) is 28.2 Å². The average Bonchev–Trinajstić information content (AvgIpc) is 2.97. The second-order valence-electron chi connectivity index (χ2n) is 6.67. The van der Waals surface area contributed by atoms with E-state index in [-0.39, 0.29) is 40.6 Å². The zero-order valence-electron chi connectivity index (χ0n) is 16.1. The Hall–Kier alpha value is -2.96. The van der Waals surface area contributed by atoms with Gasteiger partial charge in [0.25, 0.3) is 11.8 Å². The van der Waals surface area contributed by atoms with Gasteiger partial charge in [-0.2, -0.15) is 13.9 Å². The van der Waals surface area contributed by atoms with Crippen molar-refractivity contribution in [2.45, 2.75) is 38.7 Å². The molecule has 10 nitrogen and oxygen atoms in total. The number of β-lactam (4-membered cyclic amide) rings is 1. The van der Waals surface area contributed by atoms with Crippen LogP contribution in [0, 0.1) is 13.8 Å². The highest BCUT2D eigenvalue weighted by molar-refractivity contribution is 8.00. The second kappa shape index (κ2) is 8.05. The first-order chi connectivity index (χ1) is 14.0. The Bertz CT molecular complexity index is 976. The number of carboxylic acids is 1. The number of thioether (sulfide) groups is 1. The summed E-state index contributed by atoms with van der Waals surface area (Å²) in [5.74, 6) is -3.17. The highest BCUT2D eigenvalue weighted by Gasteiger charge is 2.54. The van der Waals surface area contributed by atoms with Gasteiger partial charge in [0.15, 0.2) is 0 Å². The van der Waals surface area contributed by atoms with E-state index in [1.165, 1.54) is 32.5 Å². The summed E-state index contributed by atoms with van der Waals surface area (Å²) in [6.45, 7) is 0.720. The van der Waals surface area contributed by atoms with Gasteiger partial charge in [0.05, 0.1) is 17.0 Å². The molecule has 0 saturated carbocycles. The normalized spacial score (nSPS) is 20.7. The summed E-state index contributed by atoms with van der Waals surface area (Å²) >= 11 is 1.20. The Labute approximate surface area is 173 Å². The number of alkyl halides is 2. The van der Waals surface area contributed by atoms with Crippen LogP contribution in [-0.2, 0) is 19.1 Å². The van der Waals surface area contributed by atoms with Crippen molar-refractivity contribution in [1.29, 1.82) is 0 Å². The number of rotatable bonds is 6. The first-order valence-electron chi connectivity index (χ1n) is 8.72. The van der Waals surface area contributed by atoms with Crippen LogP contribution in [0.1, 0.15) is 35.2 Å². The molecular formula is C17H18F2N4O6S. The summed E-state index contributed by atoms with van der Waals surface area (Å²) < 4.78 is 31.2. The van der Waals surface area contributed by atoms with Crippen molar-refractivity contribution in [1.82, 2.24) is 20.0 Å². The van der Waals surface area contributed by atoms with E-state index >= 15 is 0 Å². The van der Waals surface area contributed by atoms with E-state index in [1.807, 2.05) is 0 Å². The maximum absolute atomic E-state index is 13.0. The molecule has 2 aliphatic heterocycles. The molecule has 1 saturated heterocycles. The van der Waals surface area contributed by atoms with Gasteiger partial charge >= 0.3 is 18.5 Å². The number of carboxylic acid groups (broad SMARTS) is 1. The summed E-state index contributed by atoms with van der Waals surface area (Å²) in [4.78, 5) is 48.9. The lowest BCUT2D eigenvalue weighted by Crippen LogP contribution is -2.70. The number of aromatic nitrogens is 2. The van der Waals surface area contributed by atoms with Gasteiger partial charge in [-0.25, -0.2) is 9.48 Å². The number of aliphatic carboxylic acids is 1. The molecule has 0 bridgehead atoms. The molecule has 2 amide bonds. The van der Waals surface area contributed by atoms with Crippen molar-refractivity contribution in [2.75, 3.05) is 12.4 Å². The molecule has 30 heavy (non-hydrogen) atoms. The summed E-state index contributed by atoms with van der Waals surface area (Å²) in [5, 5.41) is 15.0. The molecule has 0 spiro atoms. The number of fused-ring (bicyclic) bond motifs is 1. The Morgan fingerprint density at radius 3 is 2.57 bits per heavy atom. The van der Waals surface area contributed by atoms with Crippen LogP contribution >= 0.6 is 11.8 Å². The third-order valence-electron chi connectivity index (χ3n) is 4.72. The van der Waals surface area contributed by atoms with Gasteiger partial charge < -0.3 is 15.2 Å². The van der Waals surface area contributed by atoms with Gasteiger partial charge in [-0.3, -0.25) is 19.3 Å². The smallest absolute Gasteiger partial charge is 0.352 e. The van der Waals surface area contributed by atoms with E-state index in [4.69, 9.17) is 4.74 Å². The molecule has 0 unspecified atom stereocenters. The molecule has 162 valence electrons. The van der Waals surface area contributed by atoms with Crippen LogP contribution in [0.15, 0.2) is 11.3 Å². The highest BCUT2D eigenvalue weighted by Crippen LogP contribution is 2.40. The lowest BCUT2D eigenvalue weighted by Gasteiger charge is -2.49. The van der Waals surface area contributed by atoms with Gasteiger partial charge in [-0.1, -0.05) is 0 Å². The number of hydrogen-bond donors (Lipinski definition) is 2. The number of nitrogens with one attached hydrogen (secondary N) is 1. The molecule has 1 aromatic heterocycles. The fourth-order valence-corrected chi connectivity index (χ4v) is 4.71. The SMILES string of the molecule is CC(=O)OCC1=C(C(=O)O)N2C(=O)[C@@H](NC(=O)c3c(C)nn(C(F)F)c3C)[C@H]2SC1. The molecule has 2 aliphatic rings. The van der Waals surface area contributed by atoms with Gasteiger partial charge in [0.2, 0.25) is 0 Å². The van der Waals surface area contributed by atoms with Gasteiger partial charge in [-0.15, -0.1) is 11.8 Å². The molecule has 3 rings (SSSR count). The van der Waals surface area contributed by atoms with E-state index in [9.17, 15) is 33.1 Å². The quantitative estimate of drug-likeness (QED) is 0.487. The lowest BCUT2D eigenvalue weighted by atomic mass is 10.0. The average molecular weight is 444 g/mol. The van der Waals surface area contributed by atoms with Crippen LogP contribution < -0.4 is 5.32 Å². The topological polar surface area (TPSA) is 131 Å². The minimum Gasteiger partial charge on any atom is -0.477 e. The van der Waals surface area contributed by atoms with E-state index in [0.717, 1.165) is 4.90 Å². The number of halogens is 2. The van der Waals surface area contributed by atoms with Crippen LogP contribution in [0.25, 0.3) is 0 Å². The Kier molecular flexibility index (Phi) is 5.83. The molecule has 2 atom stereocenters. The molecule has 0 radical (unpaired) electrons. The Balaban J connectivity index is 1.79. The van der Waals surface area contributed by atoms with Crippen molar-refractivity contribution >= 4 is 35.5 Å². The van der Waals surface area contributed by atoms with Crippen LogP contribution in [0.3, 0.4) is 0 Å². The fourth-order valence-electron chi connectivity index (χ4n) is 3.38. The monoisotopic (exact) mass is 444 g/mol. The van der Waals surface area contributed by atoms with E-state index in [2.05, 4.69) is 10.4 Å². The molecule has 13 heteroatoms. The van der Waals surface area contributed by atoms with Crippen molar-refractivity contribution < 1.29 is 37.8 Å². The minimum atomic E-state index is -2.92. The van der Waals surface area contributed by atoms with E-state index in [0.29, 0.717) is 4.68 Å². The van der Waals surface area contributed by atoms with E-state index in [1.54, 1.807) is 0 Å². The summed E-state index contributed by atoms with van der Waals surface area (Å²) in [6.07, 6.45) is 0. The minimum absolute atomic E-state index is 0.0466. The zero-order chi connectivity index (χ0) is 22.3. The fraction of sp³-hybridized carbons (Fsp3) is 0.471. The molecule has 3 heterocycles. The molecule has 1 aromatic rings. The Morgan fingerprint density at radius 2 is 2.03 bits per heavy atom. The second-order valence-corrected chi connectivity index (χ2v) is 7.77. The number of aryl methyl sites for hydroxylation is 1. The molecule has 2 N–H and O–H groups in total. The largest absolute Gasteiger partial charge is 0.477 e. The summed E-state index contributed by atoms with van der Waals surface area (Å²) in [7, 11) is 0. The maximum atomic E-state index is 13.0. The number of amides is 2. The van der Waals surface area contributed by atoms with E-state index < -0.39 is 41.7 Å². The standard InChI is InChI=1S/C17H18F2N4O6S/c1-6-10(7(2)23(21-6)17(18)19)13(25)20-11-14(26)22-12(16(27)28)9(4-29-8(3)24)5-30-15(11)22/h11,15,17H,4-5H2,1-3H3,(H,20,25)(H,27,28)/t11-,15-/m1/s1.